The van der Waals surface area contributed by atoms with Crippen LogP contribution in [0.4, 0.5) is 4.39 Å². The maximum atomic E-state index is 14.0. The second-order valence-electron chi connectivity index (χ2n) is 4.25. The number of pyridine rings is 1. The SMILES string of the molecule is CCOc1cncc(C(N)c2ccc(OC)cc2F)c1. The van der Waals surface area contributed by atoms with E-state index in [1.54, 1.807) is 30.6 Å². The molecule has 20 heavy (non-hydrogen) atoms. The van der Waals surface area contributed by atoms with Crippen molar-refractivity contribution in [1.82, 2.24) is 4.98 Å². The lowest BCUT2D eigenvalue weighted by atomic mass is 10.0. The Hall–Kier alpha value is -2.14. The van der Waals surface area contributed by atoms with Crippen LogP contribution in [0.25, 0.3) is 0 Å². The van der Waals surface area contributed by atoms with Gasteiger partial charge in [0.1, 0.15) is 17.3 Å². The van der Waals surface area contributed by atoms with Crippen LogP contribution < -0.4 is 15.2 Å². The van der Waals surface area contributed by atoms with Gasteiger partial charge in [-0.25, -0.2) is 4.39 Å². The summed E-state index contributed by atoms with van der Waals surface area (Å²) in [6.07, 6.45) is 3.21. The van der Waals surface area contributed by atoms with E-state index in [-0.39, 0.29) is 0 Å². The lowest BCUT2D eigenvalue weighted by Crippen LogP contribution is -2.14. The summed E-state index contributed by atoms with van der Waals surface area (Å²) in [5.74, 6) is 0.674. The van der Waals surface area contributed by atoms with E-state index in [0.717, 1.165) is 0 Å². The van der Waals surface area contributed by atoms with Crippen LogP contribution in [0, 0.1) is 5.82 Å². The zero-order chi connectivity index (χ0) is 14.5. The standard InChI is InChI=1S/C15H17FN2O2/c1-3-20-12-6-10(8-18-9-12)15(17)13-5-4-11(19-2)7-14(13)16/h4-9,15H,3,17H2,1-2H3. The number of nitrogens with zero attached hydrogens (tertiary/aromatic N) is 1. The van der Waals surface area contributed by atoms with Gasteiger partial charge >= 0.3 is 0 Å². The van der Waals surface area contributed by atoms with E-state index in [1.807, 2.05) is 6.92 Å². The lowest BCUT2D eigenvalue weighted by Gasteiger charge is -2.15. The molecule has 0 amide bonds. The first-order valence-corrected chi connectivity index (χ1v) is 6.32. The molecular weight excluding hydrogens is 259 g/mol. The summed E-state index contributed by atoms with van der Waals surface area (Å²) < 4.78 is 24.4. The Morgan fingerprint density at radius 2 is 2.05 bits per heavy atom. The molecule has 0 saturated carbocycles. The van der Waals surface area contributed by atoms with Crippen molar-refractivity contribution in [3.63, 3.8) is 0 Å². The molecule has 0 aliphatic rings. The van der Waals surface area contributed by atoms with Crippen LogP contribution in [-0.4, -0.2) is 18.7 Å². The van der Waals surface area contributed by atoms with Crippen LogP contribution >= 0.6 is 0 Å². The van der Waals surface area contributed by atoms with Crippen LogP contribution in [0.1, 0.15) is 24.1 Å². The quantitative estimate of drug-likeness (QED) is 0.912. The van der Waals surface area contributed by atoms with Crippen LogP contribution in [-0.2, 0) is 0 Å². The monoisotopic (exact) mass is 276 g/mol. The Kier molecular flexibility index (Phi) is 4.53. The minimum atomic E-state index is -0.603. The Bertz CT molecular complexity index is 590. The largest absolute Gasteiger partial charge is 0.497 e. The van der Waals surface area contributed by atoms with Gasteiger partial charge in [0.25, 0.3) is 0 Å². The zero-order valence-corrected chi connectivity index (χ0v) is 11.5. The predicted molar refractivity (Wildman–Crippen MR) is 74.4 cm³/mol. The summed E-state index contributed by atoms with van der Waals surface area (Å²) in [6, 6.07) is 5.78. The van der Waals surface area contributed by atoms with Gasteiger partial charge in [-0.2, -0.15) is 0 Å². The molecule has 2 N–H and O–H groups in total. The summed E-state index contributed by atoms with van der Waals surface area (Å²) in [4.78, 5) is 4.06. The third kappa shape index (κ3) is 3.05. The van der Waals surface area contributed by atoms with Gasteiger partial charge in [0, 0.05) is 17.8 Å². The third-order valence-electron chi connectivity index (χ3n) is 2.95. The molecule has 1 aromatic carbocycles. The van der Waals surface area contributed by atoms with E-state index in [4.69, 9.17) is 15.2 Å². The number of benzene rings is 1. The second-order valence-corrected chi connectivity index (χ2v) is 4.25. The van der Waals surface area contributed by atoms with E-state index in [1.165, 1.54) is 13.2 Å². The number of aromatic nitrogens is 1. The van der Waals surface area contributed by atoms with Gasteiger partial charge in [-0.05, 0) is 24.6 Å². The van der Waals surface area contributed by atoms with Crippen molar-refractivity contribution >= 4 is 0 Å². The molecule has 1 aromatic heterocycles. The van der Waals surface area contributed by atoms with Gasteiger partial charge in [0.05, 0.1) is 26.0 Å². The number of rotatable bonds is 5. The minimum absolute atomic E-state index is 0.390. The topological polar surface area (TPSA) is 57.4 Å². The molecule has 2 rings (SSSR count). The normalized spacial score (nSPS) is 12.0. The van der Waals surface area contributed by atoms with E-state index in [9.17, 15) is 4.39 Å². The first-order chi connectivity index (χ1) is 9.65. The minimum Gasteiger partial charge on any atom is -0.497 e. The van der Waals surface area contributed by atoms with Crippen molar-refractivity contribution in [3.8, 4) is 11.5 Å². The summed E-state index contributed by atoms with van der Waals surface area (Å²) in [5.41, 5.74) is 7.18. The third-order valence-corrected chi connectivity index (χ3v) is 2.95. The molecule has 0 fully saturated rings. The van der Waals surface area contributed by atoms with Crippen LogP contribution in [0.5, 0.6) is 11.5 Å². The highest BCUT2D eigenvalue weighted by molar-refractivity contribution is 5.37. The second kappa shape index (κ2) is 6.34. The van der Waals surface area contributed by atoms with E-state index in [2.05, 4.69) is 4.98 Å². The highest BCUT2D eigenvalue weighted by atomic mass is 19.1. The van der Waals surface area contributed by atoms with E-state index in [0.29, 0.717) is 29.2 Å². The van der Waals surface area contributed by atoms with Gasteiger partial charge in [-0.1, -0.05) is 6.07 Å². The molecule has 0 bridgehead atoms. The number of halogens is 1. The van der Waals surface area contributed by atoms with Crippen molar-refractivity contribution in [2.45, 2.75) is 13.0 Å². The van der Waals surface area contributed by atoms with E-state index < -0.39 is 11.9 Å². The summed E-state index contributed by atoms with van der Waals surface area (Å²) >= 11 is 0. The highest BCUT2D eigenvalue weighted by Gasteiger charge is 2.15. The van der Waals surface area contributed by atoms with Crippen LogP contribution in [0.2, 0.25) is 0 Å². The number of methoxy groups -OCH3 is 1. The first-order valence-electron chi connectivity index (χ1n) is 6.32. The Balaban J connectivity index is 2.30. The predicted octanol–water partition coefficient (Wildman–Crippen LogP) is 2.68. The molecule has 0 aliphatic carbocycles. The van der Waals surface area contributed by atoms with Gasteiger partial charge in [-0.15, -0.1) is 0 Å². The molecule has 0 spiro atoms. The molecule has 0 radical (unpaired) electrons. The average molecular weight is 276 g/mol. The number of nitrogens with two attached hydrogens (primary N) is 1. The van der Waals surface area contributed by atoms with Gasteiger partial charge in [-0.3, -0.25) is 4.98 Å². The van der Waals surface area contributed by atoms with E-state index >= 15 is 0 Å². The molecule has 2 aromatic rings. The number of ether oxygens (including phenoxy) is 2. The van der Waals surface area contributed by atoms with Crippen LogP contribution in [0.15, 0.2) is 36.7 Å². The molecule has 1 atom stereocenters. The smallest absolute Gasteiger partial charge is 0.137 e. The maximum absolute atomic E-state index is 14.0. The Morgan fingerprint density at radius 3 is 2.70 bits per heavy atom. The van der Waals surface area contributed by atoms with Crippen molar-refractivity contribution in [3.05, 3.63) is 53.6 Å². The fourth-order valence-corrected chi connectivity index (χ4v) is 1.92. The fourth-order valence-electron chi connectivity index (χ4n) is 1.92. The van der Waals surface area contributed by atoms with Crippen molar-refractivity contribution < 1.29 is 13.9 Å². The lowest BCUT2D eigenvalue weighted by molar-refractivity contribution is 0.338. The van der Waals surface area contributed by atoms with Crippen LogP contribution in [0.3, 0.4) is 0 Å². The summed E-state index contributed by atoms with van der Waals surface area (Å²) in [7, 11) is 1.49. The maximum Gasteiger partial charge on any atom is 0.137 e. The molecule has 1 unspecified atom stereocenters. The highest BCUT2D eigenvalue weighted by Crippen LogP contribution is 2.26. The van der Waals surface area contributed by atoms with Crippen molar-refractivity contribution in [2.24, 2.45) is 5.73 Å². The Morgan fingerprint density at radius 1 is 1.25 bits per heavy atom. The average Bonchev–Trinajstić information content (AvgIpc) is 2.47. The van der Waals surface area contributed by atoms with Crippen molar-refractivity contribution in [2.75, 3.05) is 13.7 Å². The molecule has 5 heteroatoms. The van der Waals surface area contributed by atoms with Gasteiger partial charge in [0.15, 0.2) is 0 Å². The Labute approximate surface area is 117 Å². The molecular formula is C15H17FN2O2. The number of hydrogen-bond donors (Lipinski definition) is 1. The molecule has 0 saturated heterocycles. The molecule has 4 nitrogen and oxygen atoms in total. The molecule has 0 aliphatic heterocycles. The fraction of sp³-hybridized carbons (Fsp3) is 0.267. The summed E-state index contributed by atoms with van der Waals surface area (Å²) in [6.45, 7) is 2.42. The van der Waals surface area contributed by atoms with Gasteiger partial charge in [0.2, 0.25) is 0 Å². The molecule has 1 heterocycles. The number of hydrogen-bond acceptors (Lipinski definition) is 4. The summed E-state index contributed by atoms with van der Waals surface area (Å²) in [5, 5.41) is 0. The first kappa shape index (κ1) is 14.3. The zero-order valence-electron chi connectivity index (χ0n) is 11.5. The van der Waals surface area contributed by atoms with Gasteiger partial charge < -0.3 is 15.2 Å². The van der Waals surface area contributed by atoms with Crippen molar-refractivity contribution in [1.29, 1.82) is 0 Å². The molecule has 106 valence electrons.